The van der Waals surface area contributed by atoms with Crippen LogP contribution in [0.25, 0.3) is 0 Å². The maximum absolute atomic E-state index is 6.02. The summed E-state index contributed by atoms with van der Waals surface area (Å²) in [4.78, 5) is 2.21. The Morgan fingerprint density at radius 2 is 2.05 bits per heavy atom. The van der Waals surface area contributed by atoms with Gasteiger partial charge in [0.1, 0.15) is 5.75 Å². The van der Waals surface area contributed by atoms with Gasteiger partial charge in [-0.05, 0) is 32.0 Å². The van der Waals surface area contributed by atoms with Crippen LogP contribution in [-0.4, -0.2) is 46.5 Å². The van der Waals surface area contributed by atoms with E-state index in [-0.39, 0.29) is 0 Å². The highest BCUT2D eigenvalue weighted by Crippen LogP contribution is 2.28. The number of anilines is 1. The molecule has 0 spiro atoms. The van der Waals surface area contributed by atoms with Crippen molar-refractivity contribution in [1.29, 1.82) is 0 Å². The average Bonchev–Trinajstić information content (AvgIpc) is 2.86. The lowest BCUT2D eigenvalue weighted by molar-refractivity contribution is 0.0510. The summed E-state index contributed by atoms with van der Waals surface area (Å²) in [6.45, 7) is 1.84. The molecule has 0 aromatic heterocycles. The third-order valence-electron chi connectivity index (χ3n) is 3.60. The maximum Gasteiger partial charge on any atom is 0.142 e. The van der Waals surface area contributed by atoms with Crippen LogP contribution in [0, 0.1) is 0 Å². The van der Waals surface area contributed by atoms with E-state index in [1.165, 1.54) is 0 Å². The normalized spacial score (nSPS) is 22.5. The number of nitrogens with zero attached hydrogens (tertiary/aromatic N) is 1. The van der Waals surface area contributed by atoms with E-state index in [4.69, 9.17) is 9.47 Å². The first-order chi connectivity index (χ1) is 9.24. The fraction of sp³-hybridized carbons (Fsp3) is 0.600. The van der Waals surface area contributed by atoms with Crippen LogP contribution in [0.3, 0.4) is 0 Å². The van der Waals surface area contributed by atoms with Crippen LogP contribution in [0.2, 0.25) is 0 Å². The molecule has 1 aromatic carbocycles. The van der Waals surface area contributed by atoms with Gasteiger partial charge in [-0.25, -0.2) is 0 Å². The Balaban J connectivity index is 1.92. The molecule has 1 aromatic rings. The van der Waals surface area contributed by atoms with E-state index in [1.54, 1.807) is 7.11 Å². The van der Waals surface area contributed by atoms with Gasteiger partial charge in [-0.15, -0.1) is 0 Å². The molecule has 1 saturated heterocycles. The molecule has 1 aliphatic heterocycles. The maximum atomic E-state index is 6.02. The monoisotopic (exact) mass is 264 g/mol. The molecular formula is C15H24N2O2. The van der Waals surface area contributed by atoms with Gasteiger partial charge in [0.15, 0.2) is 0 Å². The third kappa shape index (κ3) is 3.61. The van der Waals surface area contributed by atoms with E-state index in [0.29, 0.717) is 12.2 Å². The van der Waals surface area contributed by atoms with Gasteiger partial charge in [-0.2, -0.15) is 0 Å². The summed E-state index contributed by atoms with van der Waals surface area (Å²) in [5, 5.41) is 3.17. The fourth-order valence-electron chi connectivity index (χ4n) is 2.64. The lowest BCUT2D eigenvalue weighted by Gasteiger charge is -2.25. The molecule has 1 fully saturated rings. The Morgan fingerprint density at radius 1 is 1.32 bits per heavy atom. The van der Waals surface area contributed by atoms with Gasteiger partial charge in [-0.1, -0.05) is 12.1 Å². The van der Waals surface area contributed by atoms with E-state index in [0.717, 1.165) is 37.4 Å². The number of nitrogens with one attached hydrogen (secondary N) is 1. The van der Waals surface area contributed by atoms with Crippen molar-refractivity contribution in [3.8, 4) is 5.75 Å². The number of ether oxygens (including phenoxy) is 2. The average molecular weight is 264 g/mol. The summed E-state index contributed by atoms with van der Waals surface area (Å²) in [5.74, 6) is 0.912. The topological polar surface area (TPSA) is 33.7 Å². The third-order valence-corrected chi connectivity index (χ3v) is 3.60. The van der Waals surface area contributed by atoms with Crippen molar-refractivity contribution in [3.63, 3.8) is 0 Å². The van der Waals surface area contributed by atoms with Crippen LogP contribution in [0.15, 0.2) is 24.3 Å². The van der Waals surface area contributed by atoms with Crippen molar-refractivity contribution in [1.82, 2.24) is 5.32 Å². The predicted octanol–water partition coefficient (Wildman–Crippen LogP) is 1.90. The number of benzene rings is 1. The van der Waals surface area contributed by atoms with Gasteiger partial charge in [0, 0.05) is 20.1 Å². The van der Waals surface area contributed by atoms with Crippen LogP contribution in [0.5, 0.6) is 5.75 Å². The van der Waals surface area contributed by atoms with Crippen LogP contribution in [-0.2, 0) is 4.74 Å². The predicted molar refractivity (Wildman–Crippen MR) is 78.1 cm³/mol. The molecule has 2 rings (SSSR count). The van der Waals surface area contributed by atoms with Crippen molar-refractivity contribution in [2.45, 2.75) is 25.0 Å². The summed E-state index contributed by atoms with van der Waals surface area (Å²) >= 11 is 0. The lowest BCUT2D eigenvalue weighted by Crippen LogP contribution is -2.31. The van der Waals surface area contributed by atoms with Crippen LogP contribution in [0.4, 0.5) is 5.69 Å². The largest absolute Gasteiger partial charge is 0.495 e. The highest BCUT2D eigenvalue weighted by Gasteiger charge is 2.26. The van der Waals surface area contributed by atoms with Crippen molar-refractivity contribution in [3.05, 3.63) is 24.3 Å². The molecule has 1 aliphatic rings. The number of methoxy groups -OCH3 is 1. The quantitative estimate of drug-likeness (QED) is 0.851. The second-order valence-corrected chi connectivity index (χ2v) is 5.07. The Morgan fingerprint density at radius 3 is 2.79 bits per heavy atom. The molecule has 0 bridgehead atoms. The second kappa shape index (κ2) is 6.78. The minimum Gasteiger partial charge on any atom is -0.495 e. The van der Waals surface area contributed by atoms with Gasteiger partial charge in [0.25, 0.3) is 0 Å². The Bertz CT molecular complexity index is 397. The SMILES string of the molecule is CNCC1CCC(CN(C)c2ccccc2OC)O1. The van der Waals surface area contributed by atoms with Crippen molar-refractivity contribution in [2.75, 3.05) is 39.2 Å². The molecule has 0 radical (unpaired) electrons. The summed E-state index contributed by atoms with van der Waals surface area (Å²) in [6, 6.07) is 8.10. The van der Waals surface area contributed by atoms with E-state index in [1.807, 2.05) is 25.2 Å². The van der Waals surface area contributed by atoms with E-state index in [9.17, 15) is 0 Å². The minimum absolute atomic E-state index is 0.313. The summed E-state index contributed by atoms with van der Waals surface area (Å²) in [5.41, 5.74) is 1.12. The van der Waals surface area contributed by atoms with Crippen LogP contribution in [0.1, 0.15) is 12.8 Å². The first kappa shape index (κ1) is 14.2. The second-order valence-electron chi connectivity index (χ2n) is 5.07. The van der Waals surface area contributed by atoms with Crippen LogP contribution >= 0.6 is 0 Å². The molecule has 0 amide bonds. The first-order valence-corrected chi connectivity index (χ1v) is 6.88. The Hall–Kier alpha value is -1.26. The van der Waals surface area contributed by atoms with Gasteiger partial charge >= 0.3 is 0 Å². The molecule has 4 heteroatoms. The summed E-state index contributed by atoms with van der Waals surface area (Å²) < 4.78 is 11.4. The first-order valence-electron chi connectivity index (χ1n) is 6.88. The molecule has 19 heavy (non-hydrogen) atoms. The van der Waals surface area contributed by atoms with E-state index in [2.05, 4.69) is 23.3 Å². The van der Waals surface area contributed by atoms with Gasteiger partial charge in [0.2, 0.25) is 0 Å². The summed E-state index contributed by atoms with van der Waals surface area (Å²) in [7, 11) is 5.77. The standard InChI is InChI=1S/C15H24N2O2/c1-16-10-12-8-9-13(19-12)11-17(2)14-6-4-5-7-15(14)18-3/h4-7,12-13,16H,8-11H2,1-3H3. The zero-order chi connectivity index (χ0) is 13.7. The fourth-order valence-corrected chi connectivity index (χ4v) is 2.64. The van der Waals surface area contributed by atoms with E-state index < -0.39 is 0 Å². The number of likely N-dealkylation sites (N-methyl/N-ethyl adjacent to an activating group) is 2. The zero-order valence-electron chi connectivity index (χ0n) is 12.1. The molecule has 0 aliphatic carbocycles. The van der Waals surface area contributed by atoms with Crippen molar-refractivity contribution >= 4 is 5.69 Å². The minimum atomic E-state index is 0.313. The number of rotatable bonds is 6. The Kier molecular flexibility index (Phi) is 5.05. The number of hydrogen-bond donors (Lipinski definition) is 1. The highest BCUT2D eigenvalue weighted by atomic mass is 16.5. The molecule has 2 atom stereocenters. The van der Waals surface area contributed by atoms with Crippen molar-refractivity contribution < 1.29 is 9.47 Å². The van der Waals surface area contributed by atoms with Crippen LogP contribution < -0.4 is 15.0 Å². The van der Waals surface area contributed by atoms with E-state index >= 15 is 0 Å². The van der Waals surface area contributed by atoms with Gasteiger partial charge in [0.05, 0.1) is 25.0 Å². The highest BCUT2D eigenvalue weighted by molar-refractivity contribution is 5.57. The van der Waals surface area contributed by atoms with Gasteiger partial charge in [-0.3, -0.25) is 0 Å². The molecular weight excluding hydrogens is 240 g/mol. The molecule has 1 heterocycles. The Labute approximate surface area is 115 Å². The smallest absolute Gasteiger partial charge is 0.142 e. The molecule has 0 saturated carbocycles. The lowest BCUT2D eigenvalue weighted by atomic mass is 10.2. The zero-order valence-corrected chi connectivity index (χ0v) is 12.1. The molecule has 2 unspecified atom stereocenters. The number of para-hydroxylation sites is 2. The van der Waals surface area contributed by atoms with Crippen molar-refractivity contribution in [2.24, 2.45) is 0 Å². The number of hydrogen-bond acceptors (Lipinski definition) is 4. The van der Waals surface area contributed by atoms with Gasteiger partial charge < -0.3 is 19.7 Å². The summed E-state index contributed by atoms with van der Waals surface area (Å²) in [6.07, 6.45) is 2.95. The molecule has 4 nitrogen and oxygen atoms in total. The molecule has 106 valence electrons. The molecule has 1 N–H and O–H groups in total.